The van der Waals surface area contributed by atoms with Crippen LogP contribution in [0.5, 0.6) is 11.5 Å². The van der Waals surface area contributed by atoms with E-state index in [0.717, 1.165) is 0 Å². The van der Waals surface area contributed by atoms with Crippen LogP contribution in [0.1, 0.15) is 18.6 Å². The topological polar surface area (TPSA) is 49.7 Å². The van der Waals surface area contributed by atoms with E-state index in [1.807, 2.05) is 0 Å². The number of rotatable bonds is 2. The summed E-state index contributed by atoms with van der Waals surface area (Å²) >= 11 is 2.96. The van der Waals surface area contributed by atoms with Crippen molar-refractivity contribution < 1.29 is 19.3 Å². The van der Waals surface area contributed by atoms with Crippen LogP contribution in [0.4, 0.5) is 4.39 Å². The van der Waals surface area contributed by atoms with Gasteiger partial charge >= 0.3 is 0 Å². The number of aromatic hydroxyl groups is 1. The maximum Gasteiger partial charge on any atom is 0.166 e. The number of ether oxygens (including phenoxy) is 1. The molecule has 0 radical (unpaired) electrons. The lowest BCUT2D eigenvalue weighted by atomic mass is 10.1. The van der Waals surface area contributed by atoms with E-state index in [1.54, 1.807) is 0 Å². The lowest BCUT2D eigenvalue weighted by molar-refractivity contribution is 0.188. The highest BCUT2D eigenvalue weighted by Crippen LogP contribution is 2.39. The summed E-state index contributed by atoms with van der Waals surface area (Å²) in [6.07, 6.45) is -1.10. The molecule has 0 heterocycles. The van der Waals surface area contributed by atoms with Crippen molar-refractivity contribution in [1.29, 1.82) is 0 Å². The number of hydrogen-bond acceptors (Lipinski definition) is 3. The zero-order valence-electron chi connectivity index (χ0n) is 7.71. The van der Waals surface area contributed by atoms with Gasteiger partial charge in [0.15, 0.2) is 11.5 Å². The molecule has 0 aliphatic heterocycles. The number of aliphatic hydroxyl groups is 1. The highest BCUT2D eigenvalue weighted by molar-refractivity contribution is 9.10. The minimum atomic E-state index is -1.10. The van der Waals surface area contributed by atoms with E-state index in [1.165, 1.54) is 20.1 Å². The maximum atomic E-state index is 13.4. The van der Waals surface area contributed by atoms with Crippen LogP contribution >= 0.6 is 15.9 Å². The summed E-state index contributed by atoms with van der Waals surface area (Å²) in [5.41, 5.74) is -0.170. The second-order valence-corrected chi connectivity index (χ2v) is 3.67. The summed E-state index contributed by atoms with van der Waals surface area (Å²) in [6, 6.07) is 1.30. The Morgan fingerprint density at radius 1 is 1.57 bits per heavy atom. The van der Waals surface area contributed by atoms with E-state index < -0.39 is 11.9 Å². The predicted molar refractivity (Wildman–Crippen MR) is 53.0 cm³/mol. The number of hydrogen-bond donors (Lipinski definition) is 2. The quantitative estimate of drug-likeness (QED) is 0.862. The van der Waals surface area contributed by atoms with Gasteiger partial charge in [0.25, 0.3) is 0 Å². The van der Waals surface area contributed by atoms with Crippen molar-refractivity contribution in [1.82, 2.24) is 0 Å². The minimum absolute atomic E-state index is 0.120. The third-order valence-corrected chi connectivity index (χ3v) is 2.41. The molecule has 1 aromatic carbocycles. The largest absolute Gasteiger partial charge is 0.504 e. The SMILES string of the molecule is COc1cc(Br)c(F)c(C(C)O)c1O. The van der Waals surface area contributed by atoms with E-state index in [0.29, 0.717) is 0 Å². The summed E-state index contributed by atoms with van der Waals surface area (Å²) in [7, 11) is 1.35. The van der Waals surface area contributed by atoms with Gasteiger partial charge in [-0.2, -0.15) is 0 Å². The van der Waals surface area contributed by atoms with Gasteiger partial charge in [0, 0.05) is 6.07 Å². The summed E-state index contributed by atoms with van der Waals surface area (Å²) in [5.74, 6) is -0.935. The Kier molecular flexibility index (Phi) is 3.34. The molecule has 3 nitrogen and oxygen atoms in total. The van der Waals surface area contributed by atoms with Crippen molar-refractivity contribution in [2.24, 2.45) is 0 Å². The molecule has 0 aliphatic carbocycles. The van der Waals surface area contributed by atoms with Crippen LogP contribution in [0, 0.1) is 5.82 Å². The predicted octanol–water partition coefficient (Wildman–Crippen LogP) is 2.36. The van der Waals surface area contributed by atoms with Crippen molar-refractivity contribution in [2.45, 2.75) is 13.0 Å². The number of phenolic OH excluding ortho intramolecular Hbond substituents is 1. The molecule has 0 spiro atoms. The average molecular weight is 265 g/mol. The van der Waals surface area contributed by atoms with Crippen LogP contribution in [0.25, 0.3) is 0 Å². The number of benzene rings is 1. The Balaban J connectivity index is 3.45. The molecule has 0 aromatic heterocycles. The molecule has 0 bridgehead atoms. The number of aliphatic hydroxyl groups excluding tert-OH is 1. The molecule has 2 N–H and O–H groups in total. The summed E-state index contributed by atoms with van der Waals surface area (Å²) in [4.78, 5) is 0. The lowest BCUT2D eigenvalue weighted by Gasteiger charge is -2.13. The number of methoxy groups -OCH3 is 1. The Hall–Kier alpha value is -0.810. The molecule has 1 atom stereocenters. The summed E-state index contributed by atoms with van der Waals surface area (Å²) in [5, 5.41) is 18.8. The maximum absolute atomic E-state index is 13.4. The Labute approximate surface area is 89.3 Å². The van der Waals surface area contributed by atoms with Crippen LogP contribution < -0.4 is 4.74 Å². The third kappa shape index (κ3) is 1.83. The molecule has 5 heteroatoms. The highest BCUT2D eigenvalue weighted by atomic mass is 79.9. The fourth-order valence-electron chi connectivity index (χ4n) is 1.15. The van der Waals surface area contributed by atoms with E-state index in [9.17, 15) is 14.6 Å². The molecule has 0 aliphatic rings. The van der Waals surface area contributed by atoms with Crippen molar-refractivity contribution in [2.75, 3.05) is 7.11 Å². The average Bonchev–Trinajstić information content (AvgIpc) is 2.11. The summed E-state index contributed by atoms with van der Waals surface area (Å²) in [6.45, 7) is 1.37. The Morgan fingerprint density at radius 2 is 2.14 bits per heavy atom. The first-order valence-corrected chi connectivity index (χ1v) is 4.71. The molecule has 78 valence electrons. The van der Waals surface area contributed by atoms with Crippen molar-refractivity contribution in [3.05, 3.63) is 21.9 Å². The van der Waals surface area contributed by atoms with Crippen molar-refractivity contribution in [3.63, 3.8) is 0 Å². The lowest BCUT2D eigenvalue weighted by Crippen LogP contribution is -1.99. The first-order chi connectivity index (χ1) is 6.49. The monoisotopic (exact) mass is 264 g/mol. The van der Waals surface area contributed by atoms with Gasteiger partial charge in [0.05, 0.1) is 23.2 Å². The normalized spacial score (nSPS) is 12.6. The van der Waals surface area contributed by atoms with Crippen LogP contribution in [-0.2, 0) is 0 Å². The molecule has 1 rings (SSSR count). The number of halogens is 2. The van der Waals surface area contributed by atoms with E-state index in [4.69, 9.17) is 4.74 Å². The molecule has 14 heavy (non-hydrogen) atoms. The minimum Gasteiger partial charge on any atom is -0.504 e. The smallest absolute Gasteiger partial charge is 0.166 e. The van der Waals surface area contributed by atoms with Gasteiger partial charge in [0.1, 0.15) is 5.82 Å². The van der Waals surface area contributed by atoms with Gasteiger partial charge in [-0.3, -0.25) is 0 Å². The van der Waals surface area contributed by atoms with Gasteiger partial charge in [-0.25, -0.2) is 4.39 Å². The number of phenols is 1. The zero-order chi connectivity index (χ0) is 10.9. The van der Waals surface area contributed by atoms with Gasteiger partial charge in [-0.15, -0.1) is 0 Å². The standard InChI is InChI=1S/C9H10BrFO3/c1-4(12)7-8(11)5(10)3-6(14-2)9(7)13/h3-4,12-13H,1-2H3. The second-order valence-electron chi connectivity index (χ2n) is 2.81. The van der Waals surface area contributed by atoms with Gasteiger partial charge in [-0.1, -0.05) is 0 Å². The van der Waals surface area contributed by atoms with Gasteiger partial charge in [-0.05, 0) is 22.9 Å². The Bertz CT molecular complexity index is 352. The van der Waals surface area contributed by atoms with Crippen LogP contribution in [0.2, 0.25) is 0 Å². The first kappa shape index (κ1) is 11.3. The zero-order valence-corrected chi connectivity index (χ0v) is 9.30. The molecule has 1 aromatic rings. The molecular formula is C9H10BrFO3. The van der Waals surface area contributed by atoms with Gasteiger partial charge in [0.2, 0.25) is 0 Å². The molecule has 0 saturated heterocycles. The van der Waals surface area contributed by atoms with E-state index >= 15 is 0 Å². The van der Waals surface area contributed by atoms with E-state index in [2.05, 4.69) is 15.9 Å². The van der Waals surface area contributed by atoms with Crippen molar-refractivity contribution in [3.8, 4) is 11.5 Å². The van der Waals surface area contributed by atoms with Crippen LogP contribution in [-0.4, -0.2) is 17.3 Å². The molecule has 0 fully saturated rings. The van der Waals surface area contributed by atoms with Crippen LogP contribution in [0.3, 0.4) is 0 Å². The summed E-state index contributed by atoms with van der Waals surface area (Å²) < 4.78 is 18.4. The Morgan fingerprint density at radius 3 is 2.57 bits per heavy atom. The second kappa shape index (κ2) is 4.14. The third-order valence-electron chi connectivity index (χ3n) is 1.83. The molecule has 1 unspecified atom stereocenters. The molecular weight excluding hydrogens is 255 g/mol. The highest BCUT2D eigenvalue weighted by Gasteiger charge is 2.20. The first-order valence-electron chi connectivity index (χ1n) is 3.92. The van der Waals surface area contributed by atoms with Gasteiger partial charge < -0.3 is 14.9 Å². The van der Waals surface area contributed by atoms with Crippen molar-refractivity contribution >= 4 is 15.9 Å². The fraction of sp³-hybridized carbons (Fsp3) is 0.333. The molecule has 0 amide bonds. The fourth-order valence-corrected chi connectivity index (χ4v) is 1.57. The molecule has 0 saturated carbocycles. The van der Waals surface area contributed by atoms with Crippen LogP contribution in [0.15, 0.2) is 10.5 Å². The van der Waals surface area contributed by atoms with E-state index in [-0.39, 0.29) is 21.5 Å².